The van der Waals surface area contributed by atoms with Gasteiger partial charge in [0.2, 0.25) is 5.88 Å². The number of nitrogens with zero attached hydrogens (tertiary/aromatic N) is 2. The van der Waals surface area contributed by atoms with Gasteiger partial charge in [0.05, 0.1) is 5.69 Å². The van der Waals surface area contributed by atoms with Gasteiger partial charge in [-0.15, -0.1) is 11.3 Å². The molecule has 5 heteroatoms. The zero-order chi connectivity index (χ0) is 15.0. The molecule has 0 saturated heterocycles. The van der Waals surface area contributed by atoms with Crippen LogP contribution in [0.15, 0.2) is 29.8 Å². The fourth-order valence-corrected chi connectivity index (χ4v) is 3.44. The van der Waals surface area contributed by atoms with Gasteiger partial charge in [-0.05, 0) is 30.0 Å². The summed E-state index contributed by atoms with van der Waals surface area (Å²) in [6, 6.07) is 6.38. The molecule has 110 valence electrons. The summed E-state index contributed by atoms with van der Waals surface area (Å²) in [5.74, 6) is 2.05. The highest BCUT2D eigenvalue weighted by Gasteiger charge is 2.15. The van der Waals surface area contributed by atoms with E-state index in [2.05, 4.69) is 64.3 Å². The van der Waals surface area contributed by atoms with Crippen molar-refractivity contribution in [3.8, 4) is 11.6 Å². The highest BCUT2D eigenvalue weighted by atomic mass is 79.9. The van der Waals surface area contributed by atoms with Gasteiger partial charge in [0.25, 0.3) is 0 Å². The van der Waals surface area contributed by atoms with Gasteiger partial charge in [-0.2, -0.15) is 4.98 Å². The first kappa shape index (κ1) is 14.6. The Labute approximate surface area is 136 Å². The second-order valence-corrected chi connectivity index (χ2v) is 6.77. The number of hydrogen-bond donors (Lipinski definition) is 0. The fraction of sp³-hybridized carbons (Fsp3) is 0.312. The highest BCUT2D eigenvalue weighted by Crippen LogP contribution is 2.32. The van der Waals surface area contributed by atoms with Crippen molar-refractivity contribution >= 4 is 32.2 Å². The van der Waals surface area contributed by atoms with E-state index in [1.807, 2.05) is 11.6 Å². The van der Waals surface area contributed by atoms with Crippen LogP contribution in [0.4, 0.5) is 0 Å². The third-order valence-electron chi connectivity index (χ3n) is 3.54. The van der Waals surface area contributed by atoms with E-state index >= 15 is 0 Å². The number of thiazole rings is 1. The summed E-state index contributed by atoms with van der Waals surface area (Å²) in [5.41, 5.74) is 3.44. The van der Waals surface area contributed by atoms with Crippen molar-refractivity contribution in [1.82, 2.24) is 9.38 Å². The molecule has 0 amide bonds. The maximum absolute atomic E-state index is 6.11. The number of hydrogen-bond acceptors (Lipinski definition) is 3. The van der Waals surface area contributed by atoms with Crippen molar-refractivity contribution in [2.24, 2.45) is 0 Å². The number of aryl methyl sites for hydroxylation is 1. The molecule has 0 aliphatic heterocycles. The van der Waals surface area contributed by atoms with Crippen LogP contribution in [0.3, 0.4) is 0 Å². The molecule has 0 saturated carbocycles. The number of rotatable bonds is 4. The van der Waals surface area contributed by atoms with Crippen molar-refractivity contribution in [3.05, 3.63) is 46.6 Å². The smallest absolute Gasteiger partial charge is 0.243 e. The highest BCUT2D eigenvalue weighted by molar-refractivity contribution is 9.08. The van der Waals surface area contributed by atoms with Crippen LogP contribution in [0.25, 0.3) is 4.96 Å². The molecule has 0 spiro atoms. The number of alkyl halides is 1. The predicted molar refractivity (Wildman–Crippen MR) is 91.0 cm³/mol. The van der Waals surface area contributed by atoms with Crippen molar-refractivity contribution in [2.75, 3.05) is 0 Å². The number of fused-ring (bicyclic) bond motifs is 1. The third-order valence-corrected chi connectivity index (χ3v) is 4.82. The second kappa shape index (κ2) is 5.81. The summed E-state index contributed by atoms with van der Waals surface area (Å²) in [6.45, 7) is 6.43. The third kappa shape index (κ3) is 2.72. The van der Waals surface area contributed by atoms with Crippen LogP contribution >= 0.6 is 27.3 Å². The molecular formula is C16H17BrN2OS. The summed E-state index contributed by atoms with van der Waals surface area (Å²) >= 11 is 5.14. The van der Waals surface area contributed by atoms with Crippen molar-refractivity contribution < 1.29 is 4.74 Å². The lowest BCUT2D eigenvalue weighted by molar-refractivity contribution is 0.457. The van der Waals surface area contributed by atoms with Crippen LogP contribution in [0.1, 0.15) is 36.6 Å². The Morgan fingerprint density at radius 3 is 2.90 bits per heavy atom. The fourth-order valence-electron chi connectivity index (χ4n) is 2.21. The number of halogens is 1. The van der Waals surface area contributed by atoms with E-state index in [4.69, 9.17) is 4.74 Å². The first-order chi connectivity index (χ1) is 10.1. The summed E-state index contributed by atoms with van der Waals surface area (Å²) in [6.07, 6.45) is 2.02. The lowest BCUT2D eigenvalue weighted by Crippen LogP contribution is -1.95. The average Bonchev–Trinajstić information content (AvgIpc) is 3.01. The minimum Gasteiger partial charge on any atom is -0.437 e. The van der Waals surface area contributed by atoms with E-state index in [0.717, 1.165) is 22.0 Å². The van der Waals surface area contributed by atoms with Crippen LogP contribution in [0.5, 0.6) is 11.6 Å². The molecule has 0 unspecified atom stereocenters. The molecule has 3 rings (SSSR count). The molecule has 0 atom stereocenters. The molecule has 0 radical (unpaired) electrons. The minimum absolute atomic E-state index is 0.481. The van der Waals surface area contributed by atoms with Crippen LogP contribution in [-0.2, 0) is 5.33 Å². The molecule has 0 bridgehead atoms. The zero-order valence-electron chi connectivity index (χ0n) is 12.3. The van der Waals surface area contributed by atoms with Gasteiger partial charge in [-0.3, -0.25) is 4.40 Å². The maximum atomic E-state index is 6.11. The van der Waals surface area contributed by atoms with E-state index in [-0.39, 0.29) is 0 Å². The van der Waals surface area contributed by atoms with Gasteiger partial charge in [-0.1, -0.05) is 41.9 Å². The Kier molecular flexibility index (Phi) is 4.04. The Morgan fingerprint density at radius 2 is 2.19 bits per heavy atom. The lowest BCUT2D eigenvalue weighted by Gasteiger charge is -2.11. The molecule has 0 aliphatic carbocycles. The molecule has 2 heterocycles. The van der Waals surface area contributed by atoms with E-state index in [1.54, 1.807) is 11.3 Å². The van der Waals surface area contributed by atoms with E-state index < -0.39 is 0 Å². The topological polar surface area (TPSA) is 26.5 Å². The monoisotopic (exact) mass is 364 g/mol. The first-order valence-electron chi connectivity index (χ1n) is 6.89. The Bertz CT molecular complexity index is 776. The van der Waals surface area contributed by atoms with Crippen LogP contribution in [0.2, 0.25) is 0 Å². The van der Waals surface area contributed by atoms with Crippen LogP contribution < -0.4 is 4.74 Å². The molecule has 3 aromatic rings. The van der Waals surface area contributed by atoms with E-state index in [0.29, 0.717) is 17.1 Å². The largest absolute Gasteiger partial charge is 0.437 e. The Balaban J connectivity index is 2.01. The van der Waals surface area contributed by atoms with Crippen molar-refractivity contribution in [2.45, 2.75) is 32.0 Å². The number of imidazole rings is 1. The van der Waals surface area contributed by atoms with Crippen LogP contribution in [-0.4, -0.2) is 9.38 Å². The number of aromatic nitrogens is 2. The molecule has 0 fully saturated rings. The van der Waals surface area contributed by atoms with Gasteiger partial charge >= 0.3 is 0 Å². The average molecular weight is 365 g/mol. The zero-order valence-corrected chi connectivity index (χ0v) is 14.7. The molecule has 2 aromatic heterocycles. The van der Waals surface area contributed by atoms with Gasteiger partial charge < -0.3 is 4.74 Å². The SMILES string of the molecule is Cc1ccc(C(C)C)cc1Oc1nc2sccn2c1CBr. The standard InChI is InChI=1S/C16H17BrN2OS/c1-10(2)12-5-4-11(3)14(8-12)20-15-13(9-17)19-6-7-21-16(19)18-15/h4-8,10H,9H2,1-3H3. The summed E-state index contributed by atoms with van der Waals surface area (Å²) in [4.78, 5) is 5.54. The predicted octanol–water partition coefficient (Wildman–Crippen LogP) is 5.51. The van der Waals surface area contributed by atoms with Crippen molar-refractivity contribution in [1.29, 1.82) is 0 Å². The van der Waals surface area contributed by atoms with Crippen molar-refractivity contribution in [3.63, 3.8) is 0 Å². The number of benzene rings is 1. The second-order valence-electron chi connectivity index (χ2n) is 5.33. The Morgan fingerprint density at radius 1 is 1.38 bits per heavy atom. The Hall–Kier alpha value is -1.33. The van der Waals surface area contributed by atoms with Crippen LogP contribution in [0, 0.1) is 6.92 Å². The van der Waals surface area contributed by atoms with E-state index in [9.17, 15) is 0 Å². The van der Waals surface area contributed by atoms with Gasteiger partial charge in [0.15, 0.2) is 4.96 Å². The molecular weight excluding hydrogens is 348 g/mol. The normalized spacial score (nSPS) is 11.5. The number of ether oxygens (including phenoxy) is 1. The summed E-state index contributed by atoms with van der Waals surface area (Å²) in [5, 5.41) is 2.74. The van der Waals surface area contributed by atoms with Gasteiger partial charge in [-0.25, -0.2) is 0 Å². The molecule has 0 aliphatic rings. The lowest BCUT2D eigenvalue weighted by atomic mass is 10.0. The maximum Gasteiger partial charge on any atom is 0.243 e. The minimum atomic E-state index is 0.481. The summed E-state index contributed by atoms with van der Waals surface area (Å²) < 4.78 is 8.18. The molecule has 21 heavy (non-hydrogen) atoms. The first-order valence-corrected chi connectivity index (χ1v) is 8.89. The molecule has 0 N–H and O–H groups in total. The molecule has 1 aromatic carbocycles. The van der Waals surface area contributed by atoms with Gasteiger partial charge in [0, 0.05) is 16.9 Å². The summed E-state index contributed by atoms with van der Waals surface area (Å²) in [7, 11) is 0. The quantitative estimate of drug-likeness (QED) is 0.570. The van der Waals surface area contributed by atoms with E-state index in [1.165, 1.54) is 5.56 Å². The molecule has 3 nitrogen and oxygen atoms in total. The van der Waals surface area contributed by atoms with Gasteiger partial charge in [0.1, 0.15) is 5.75 Å².